The van der Waals surface area contributed by atoms with Gasteiger partial charge in [0.1, 0.15) is 6.17 Å². The minimum absolute atomic E-state index is 0.168. The van der Waals surface area contributed by atoms with E-state index in [0.717, 1.165) is 5.70 Å². The van der Waals surface area contributed by atoms with Gasteiger partial charge in [-0.3, -0.25) is 0 Å². The van der Waals surface area contributed by atoms with Gasteiger partial charge in [0.05, 0.1) is 0 Å². The molecule has 1 heterocycles. The van der Waals surface area contributed by atoms with Crippen molar-refractivity contribution in [2.24, 2.45) is 0 Å². The van der Waals surface area contributed by atoms with E-state index in [9.17, 15) is 0 Å². The van der Waals surface area contributed by atoms with Crippen molar-refractivity contribution in [3.05, 3.63) is 24.0 Å². The summed E-state index contributed by atoms with van der Waals surface area (Å²) in [7, 11) is 0. The van der Waals surface area contributed by atoms with Gasteiger partial charge in [0.25, 0.3) is 0 Å². The predicted molar refractivity (Wildman–Crippen MR) is 41.7 cm³/mol. The molecule has 1 atom stereocenters. The third-order valence-electron chi connectivity index (χ3n) is 1.26. The number of nitrogens with one attached hydrogen (secondary N) is 3. The summed E-state index contributed by atoms with van der Waals surface area (Å²) in [6.45, 7) is 1.99. The Bertz CT molecular complexity index is 181. The standard InChI is InChI=1S/C7H11N3/c1-6-5-9-7(10-6)3-2-4-8/h2-5,7-10H,1H3/b3-2-,8-4?. The van der Waals surface area contributed by atoms with Gasteiger partial charge in [0.2, 0.25) is 0 Å². The third-order valence-corrected chi connectivity index (χ3v) is 1.26. The molecule has 0 spiro atoms. The lowest BCUT2D eigenvalue weighted by atomic mass is 10.4. The number of rotatable bonds is 2. The van der Waals surface area contributed by atoms with Crippen LogP contribution < -0.4 is 10.6 Å². The first kappa shape index (κ1) is 6.86. The van der Waals surface area contributed by atoms with Crippen molar-refractivity contribution in [3.63, 3.8) is 0 Å². The molecule has 0 aliphatic carbocycles. The molecule has 1 unspecified atom stereocenters. The highest BCUT2D eigenvalue weighted by molar-refractivity contribution is 5.67. The fourth-order valence-corrected chi connectivity index (χ4v) is 0.814. The van der Waals surface area contributed by atoms with E-state index in [1.54, 1.807) is 6.08 Å². The van der Waals surface area contributed by atoms with E-state index >= 15 is 0 Å². The van der Waals surface area contributed by atoms with Crippen molar-refractivity contribution in [1.82, 2.24) is 10.6 Å². The lowest BCUT2D eigenvalue weighted by Crippen LogP contribution is -2.29. The monoisotopic (exact) mass is 137 g/mol. The van der Waals surface area contributed by atoms with Gasteiger partial charge in [-0.25, -0.2) is 0 Å². The van der Waals surface area contributed by atoms with E-state index in [0.29, 0.717) is 0 Å². The smallest absolute Gasteiger partial charge is 0.116 e. The molecule has 0 aromatic heterocycles. The largest absolute Gasteiger partial charge is 0.367 e. The molecule has 0 saturated carbocycles. The van der Waals surface area contributed by atoms with E-state index in [-0.39, 0.29) is 6.17 Å². The lowest BCUT2D eigenvalue weighted by molar-refractivity contribution is 0.673. The average Bonchev–Trinajstić information content (AvgIpc) is 2.31. The molecular weight excluding hydrogens is 126 g/mol. The van der Waals surface area contributed by atoms with E-state index in [1.165, 1.54) is 6.21 Å². The van der Waals surface area contributed by atoms with E-state index < -0.39 is 0 Å². The minimum Gasteiger partial charge on any atom is -0.367 e. The second-order valence-electron chi connectivity index (χ2n) is 2.17. The Morgan fingerprint density at radius 3 is 3.00 bits per heavy atom. The van der Waals surface area contributed by atoms with Gasteiger partial charge in [-0.2, -0.15) is 0 Å². The molecule has 1 aliphatic rings. The van der Waals surface area contributed by atoms with Gasteiger partial charge in [-0.05, 0) is 19.1 Å². The normalized spacial score (nSPS) is 23.7. The highest BCUT2D eigenvalue weighted by Crippen LogP contribution is 1.96. The van der Waals surface area contributed by atoms with Crippen molar-refractivity contribution < 1.29 is 0 Å². The Kier molecular flexibility index (Phi) is 2.10. The summed E-state index contributed by atoms with van der Waals surface area (Å²) >= 11 is 0. The molecule has 3 N–H and O–H groups in total. The maximum atomic E-state index is 6.73. The predicted octanol–water partition coefficient (Wildman–Crippen LogP) is 0.572. The van der Waals surface area contributed by atoms with Gasteiger partial charge < -0.3 is 16.0 Å². The Morgan fingerprint density at radius 1 is 1.70 bits per heavy atom. The van der Waals surface area contributed by atoms with Crippen LogP contribution in [-0.2, 0) is 0 Å². The van der Waals surface area contributed by atoms with Crippen LogP contribution in [0.3, 0.4) is 0 Å². The Morgan fingerprint density at radius 2 is 2.50 bits per heavy atom. The average molecular weight is 137 g/mol. The van der Waals surface area contributed by atoms with E-state index in [4.69, 9.17) is 5.41 Å². The second-order valence-corrected chi connectivity index (χ2v) is 2.17. The molecule has 0 amide bonds. The molecule has 0 aromatic carbocycles. The zero-order valence-electron chi connectivity index (χ0n) is 5.89. The first-order valence-corrected chi connectivity index (χ1v) is 3.19. The molecule has 1 rings (SSSR count). The molecular formula is C7H11N3. The van der Waals surface area contributed by atoms with Crippen molar-refractivity contribution in [1.29, 1.82) is 5.41 Å². The Balaban J connectivity index is 2.35. The molecule has 3 heteroatoms. The third kappa shape index (κ3) is 1.62. The van der Waals surface area contributed by atoms with Gasteiger partial charge in [0, 0.05) is 18.1 Å². The molecule has 0 radical (unpaired) electrons. The van der Waals surface area contributed by atoms with Crippen LogP contribution in [0.5, 0.6) is 0 Å². The molecule has 54 valence electrons. The fraction of sp³-hybridized carbons (Fsp3) is 0.286. The summed E-state index contributed by atoms with van der Waals surface area (Å²) in [4.78, 5) is 0. The second kappa shape index (κ2) is 3.06. The summed E-state index contributed by atoms with van der Waals surface area (Å²) in [6.07, 6.45) is 6.93. The highest BCUT2D eigenvalue weighted by Gasteiger charge is 2.05. The van der Waals surface area contributed by atoms with Gasteiger partial charge in [0.15, 0.2) is 0 Å². The Hall–Kier alpha value is -1.25. The molecule has 0 bridgehead atoms. The van der Waals surface area contributed by atoms with Crippen molar-refractivity contribution in [2.45, 2.75) is 13.1 Å². The maximum absolute atomic E-state index is 6.73. The van der Waals surface area contributed by atoms with Crippen molar-refractivity contribution >= 4 is 6.21 Å². The number of hydrogen-bond donors (Lipinski definition) is 3. The molecule has 0 aromatic rings. The van der Waals surface area contributed by atoms with E-state index in [2.05, 4.69) is 10.6 Å². The number of allylic oxidation sites excluding steroid dienone is 2. The SMILES string of the molecule is CC1=CNC(/C=C\C=N)N1. The lowest BCUT2D eigenvalue weighted by Gasteiger charge is -2.05. The fourth-order valence-electron chi connectivity index (χ4n) is 0.814. The summed E-state index contributed by atoms with van der Waals surface area (Å²) in [6, 6.07) is 0. The topological polar surface area (TPSA) is 47.9 Å². The van der Waals surface area contributed by atoms with Crippen molar-refractivity contribution in [3.8, 4) is 0 Å². The van der Waals surface area contributed by atoms with Crippen LogP contribution in [0, 0.1) is 5.41 Å². The first-order valence-electron chi connectivity index (χ1n) is 3.19. The zero-order valence-corrected chi connectivity index (χ0v) is 5.89. The highest BCUT2D eigenvalue weighted by atomic mass is 15.2. The van der Waals surface area contributed by atoms with Crippen LogP contribution in [0.15, 0.2) is 24.0 Å². The van der Waals surface area contributed by atoms with Gasteiger partial charge in [-0.15, -0.1) is 0 Å². The molecule has 10 heavy (non-hydrogen) atoms. The molecule has 0 fully saturated rings. The van der Waals surface area contributed by atoms with Crippen LogP contribution in [-0.4, -0.2) is 12.4 Å². The van der Waals surface area contributed by atoms with Gasteiger partial charge in [-0.1, -0.05) is 0 Å². The van der Waals surface area contributed by atoms with Crippen LogP contribution in [0.25, 0.3) is 0 Å². The molecule has 0 saturated heterocycles. The Labute approximate surface area is 60.3 Å². The van der Waals surface area contributed by atoms with Crippen LogP contribution >= 0.6 is 0 Å². The zero-order chi connectivity index (χ0) is 7.40. The van der Waals surface area contributed by atoms with Crippen LogP contribution in [0.1, 0.15) is 6.92 Å². The van der Waals surface area contributed by atoms with Crippen molar-refractivity contribution in [2.75, 3.05) is 0 Å². The minimum atomic E-state index is 0.168. The van der Waals surface area contributed by atoms with Crippen LogP contribution in [0.2, 0.25) is 0 Å². The number of hydrogen-bond acceptors (Lipinski definition) is 3. The van der Waals surface area contributed by atoms with Crippen LogP contribution in [0.4, 0.5) is 0 Å². The summed E-state index contributed by atoms with van der Waals surface area (Å²) in [5.41, 5.74) is 1.12. The molecule has 1 aliphatic heterocycles. The quantitative estimate of drug-likeness (QED) is 0.487. The van der Waals surface area contributed by atoms with Gasteiger partial charge >= 0.3 is 0 Å². The summed E-state index contributed by atoms with van der Waals surface area (Å²) < 4.78 is 0. The van der Waals surface area contributed by atoms with E-state index in [1.807, 2.05) is 19.2 Å². The maximum Gasteiger partial charge on any atom is 0.116 e. The summed E-state index contributed by atoms with van der Waals surface area (Å²) in [5, 5.41) is 13.0. The molecule has 3 nitrogen and oxygen atoms in total. The first-order chi connectivity index (χ1) is 4.83. The summed E-state index contributed by atoms with van der Waals surface area (Å²) in [5.74, 6) is 0.